The molecule has 2 aromatic rings. The average Bonchev–Trinajstić information content (AvgIpc) is 2.61. The fraction of sp³-hybridized carbons (Fsp3) is 0.435. The van der Waals surface area contributed by atoms with Crippen LogP contribution in [0.25, 0.3) is 0 Å². The first kappa shape index (κ1) is 21.3. The molecule has 0 aliphatic carbocycles. The van der Waals surface area contributed by atoms with E-state index in [1.807, 2.05) is 26.8 Å². The molecule has 0 spiro atoms. The van der Waals surface area contributed by atoms with Crippen LogP contribution < -0.4 is 10.1 Å². The van der Waals surface area contributed by atoms with Gasteiger partial charge in [0.15, 0.2) is 6.10 Å². The second kappa shape index (κ2) is 8.79. The third-order valence-electron chi connectivity index (χ3n) is 4.71. The highest BCUT2D eigenvalue weighted by molar-refractivity contribution is 6.31. The van der Waals surface area contributed by atoms with Crippen molar-refractivity contribution in [3.63, 3.8) is 0 Å². The van der Waals surface area contributed by atoms with Crippen LogP contribution in [-0.4, -0.2) is 12.0 Å². The quantitative estimate of drug-likeness (QED) is 0.661. The highest BCUT2D eigenvalue weighted by atomic mass is 35.5. The van der Waals surface area contributed by atoms with Gasteiger partial charge in [-0.05, 0) is 60.6 Å². The van der Waals surface area contributed by atoms with Crippen molar-refractivity contribution in [3.8, 4) is 5.75 Å². The molecule has 1 amide bonds. The second-order valence-electron chi connectivity index (χ2n) is 8.03. The number of hydrogen-bond donors (Lipinski definition) is 1. The minimum Gasteiger partial charge on any atom is -0.481 e. The summed E-state index contributed by atoms with van der Waals surface area (Å²) in [4.78, 5) is 12.7. The zero-order chi connectivity index (χ0) is 20.2. The third kappa shape index (κ3) is 5.74. The van der Waals surface area contributed by atoms with Gasteiger partial charge in [-0.1, -0.05) is 63.6 Å². The molecule has 0 aliphatic rings. The number of benzene rings is 2. The SMILES string of the molecule is CC[C@H](Oc1ccc(Cl)c(C)c1)C(=O)N[C@@H](C)c1ccc(C(C)(C)C)cc1. The van der Waals surface area contributed by atoms with Gasteiger partial charge in [-0.3, -0.25) is 4.79 Å². The zero-order valence-corrected chi connectivity index (χ0v) is 17.9. The topological polar surface area (TPSA) is 38.3 Å². The van der Waals surface area contributed by atoms with E-state index < -0.39 is 6.10 Å². The van der Waals surface area contributed by atoms with Gasteiger partial charge in [0.25, 0.3) is 5.91 Å². The van der Waals surface area contributed by atoms with Crippen molar-refractivity contribution in [2.45, 2.75) is 65.5 Å². The van der Waals surface area contributed by atoms with E-state index in [-0.39, 0.29) is 17.4 Å². The number of nitrogens with one attached hydrogen (secondary N) is 1. The maximum absolute atomic E-state index is 12.7. The summed E-state index contributed by atoms with van der Waals surface area (Å²) in [5.74, 6) is 0.540. The Labute approximate surface area is 168 Å². The van der Waals surface area contributed by atoms with Crippen LogP contribution in [0.2, 0.25) is 5.02 Å². The van der Waals surface area contributed by atoms with Crippen LogP contribution in [-0.2, 0) is 10.2 Å². The standard InChI is InChI=1S/C23H30ClNO2/c1-7-21(27-19-12-13-20(24)15(2)14-19)22(26)25-16(3)17-8-10-18(11-9-17)23(4,5)6/h8-14,16,21H,7H2,1-6H3,(H,25,26)/t16-,21-/m0/s1. The fourth-order valence-corrected chi connectivity index (χ4v) is 2.96. The van der Waals surface area contributed by atoms with Crippen LogP contribution in [0.1, 0.15) is 63.8 Å². The number of ether oxygens (including phenoxy) is 1. The molecule has 0 radical (unpaired) electrons. The Morgan fingerprint density at radius 1 is 1.15 bits per heavy atom. The van der Waals surface area contributed by atoms with Crippen molar-refractivity contribution >= 4 is 17.5 Å². The zero-order valence-electron chi connectivity index (χ0n) is 17.1. The van der Waals surface area contributed by atoms with E-state index in [0.717, 1.165) is 11.1 Å². The molecule has 0 unspecified atom stereocenters. The van der Waals surface area contributed by atoms with E-state index in [9.17, 15) is 4.79 Å². The molecular weight excluding hydrogens is 358 g/mol. The number of carbonyl (C=O) groups is 1. The normalized spacial score (nSPS) is 13.7. The summed E-state index contributed by atoms with van der Waals surface area (Å²) in [5.41, 5.74) is 3.39. The minimum absolute atomic E-state index is 0.0869. The fourth-order valence-electron chi connectivity index (χ4n) is 2.84. The van der Waals surface area contributed by atoms with Crippen molar-refractivity contribution in [1.29, 1.82) is 0 Å². The Balaban J connectivity index is 2.03. The van der Waals surface area contributed by atoms with Crippen molar-refractivity contribution in [1.82, 2.24) is 5.32 Å². The Hall–Kier alpha value is -2.00. The van der Waals surface area contributed by atoms with Crippen LogP contribution in [0, 0.1) is 6.92 Å². The van der Waals surface area contributed by atoms with Gasteiger partial charge >= 0.3 is 0 Å². The second-order valence-corrected chi connectivity index (χ2v) is 8.44. The van der Waals surface area contributed by atoms with Gasteiger partial charge in [-0.15, -0.1) is 0 Å². The lowest BCUT2D eigenvalue weighted by Gasteiger charge is -2.23. The Morgan fingerprint density at radius 2 is 1.78 bits per heavy atom. The molecule has 2 aromatic carbocycles. The number of amides is 1. The van der Waals surface area contributed by atoms with Crippen LogP contribution in [0.5, 0.6) is 5.75 Å². The van der Waals surface area contributed by atoms with Gasteiger partial charge in [0.1, 0.15) is 5.75 Å². The Morgan fingerprint density at radius 3 is 2.30 bits per heavy atom. The maximum atomic E-state index is 12.7. The lowest BCUT2D eigenvalue weighted by molar-refractivity contribution is -0.128. The summed E-state index contributed by atoms with van der Waals surface area (Å²) in [7, 11) is 0. The van der Waals surface area contributed by atoms with Crippen molar-refractivity contribution in [2.24, 2.45) is 0 Å². The van der Waals surface area contributed by atoms with Gasteiger partial charge in [0.05, 0.1) is 6.04 Å². The smallest absolute Gasteiger partial charge is 0.261 e. The predicted molar refractivity (Wildman–Crippen MR) is 113 cm³/mol. The molecule has 3 nitrogen and oxygen atoms in total. The summed E-state index contributed by atoms with van der Waals surface area (Å²) >= 11 is 6.05. The van der Waals surface area contributed by atoms with Crippen molar-refractivity contribution < 1.29 is 9.53 Å². The summed E-state index contributed by atoms with van der Waals surface area (Å²) in [6.45, 7) is 12.4. The summed E-state index contributed by atoms with van der Waals surface area (Å²) in [5, 5.41) is 3.75. The van der Waals surface area contributed by atoms with Crippen LogP contribution in [0.4, 0.5) is 0 Å². The molecule has 4 heteroatoms. The lowest BCUT2D eigenvalue weighted by atomic mass is 9.86. The van der Waals surface area contributed by atoms with Gasteiger partial charge in [-0.25, -0.2) is 0 Å². The Bertz CT molecular complexity index is 778. The van der Waals surface area contributed by atoms with E-state index in [1.165, 1.54) is 5.56 Å². The molecule has 0 aromatic heterocycles. The first-order valence-corrected chi connectivity index (χ1v) is 9.83. The number of aryl methyl sites for hydroxylation is 1. The Kier molecular flexibility index (Phi) is 6.94. The summed E-state index contributed by atoms with van der Waals surface area (Å²) < 4.78 is 5.89. The van der Waals surface area contributed by atoms with E-state index in [0.29, 0.717) is 17.2 Å². The molecule has 2 rings (SSSR count). The van der Waals surface area contributed by atoms with Crippen LogP contribution in [0.15, 0.2) is 42.5 Å². The first-order valence-electron chi connectivity index (χ1n) is 9.45. The van der Waals surface area contributed by atoms with E-state index in [2.05, 4.69) is 50.4 Å². The molecule has 0 fully saturated rings. The molecule has 0 saturated heterocycles. The summed E-state index contributed by atoms with van der Waals surface area (Å²) in [6.07, 6.45) is 0.0466. The van der Waals surface area contributed by atoms with Crippen molar-refractivity contribution in [3.05, 3.63) is 64.2 Å². The minimum atomic E-state index is -0.540. The van der Waals surface area contributed by atoms with E-state index in [1.54, 1.807) is 12.1 Å². The number of halogens is 1. The predicted octanol–water partition coefficient (Wildman–Crippen LogP) is 5.98. The largest absolute Gasteiger partial charge is 0.481 e. The number of rotatable bonds is 6. The molecule has 2 atom stereocenters. The molecular formula is C23H30ClNO2. The van der Waals surface area contributed by atoms with Gasteiger partial charge in [0.2, 0.25) is 0 Å². The number of carbonyl (C=O) groups excluding carboxylic acids is 1. The lowest BCUT2D eigenvalue weighted by Crippen LogP contribution is -2.39. The maximum Gasteiger partial charge on any atom is 0.261 e. The van der Waals surface area contributed by atoms with E-state index in [4.69, 9.17) is 16.3 Å². The molecule has 0 aliphatic heterocycles. The van der Waals surface area contributed by atoms with Crippen LogP contribution in [0.3, 0.4) is 0 Å². The highest BCUT2D eigenvalue weighted by Crippen LogP contribution is 2.25. The molecule has 27 heavy (non-hydrogen) atoms. The molecule has 0 bridgehead atoms. The molecule has 0 saturated carbocycles. The van der Waals surface area contributed by atoms with Crippen LogP contribution >= 0.6 is 11.6 Å². The molecule has 146 valence electrons. The molecule has 1 N–H and O–H groups in total. The number of hydrogen-bond acceptors (Lipinski definition) is 2. The van der Waals surface area contributed by atoms with Gasteiger partial charge < -0.3 is 10.1 Å². The highest BCUT2D eigenvalue weighted by Gasteiger charge is 2.21. The summed E-state index contributed by atoms with van der Waals surface area (Å²) in [6, 6.07) is 13.8. The third-order valence-corrected chi connectivity index (χ3v) is 5.13. The first-order chi connectivity index (χ1) is 12.6. The van der Waals surface area contributed by atoms with Gasteiger partial charge in [0, 0.05) is 5.02 Å². The molecule has 0 heterocycles. The average molecular weight is 388 g/mol. The van der Waals surface area contributed by atoms with Gasteiger partial charge in [-0.2, -0.15) is 0 Å². The van der Waals surface area contributed by atoms with E-state index >= 15 is 0 Å². The van der Waals surface area contributed by atoms with Crippen molar-refractivity contribution in [2.75, 3.05) is 0 Å². The monoisotopic (exact) mass is 387 g/mol.